The van der Waals surface area contributed by atoms with Gasteiger partial charge in [-0.05, 0) is 30.5 Å². The predicted molar refractivity (Wildman–Crippen MR) is 114 cm³/mol. The fourth-order valence-corrected chi connectivity index (χ4v) is 3.31. The molecule has 0 bridgehead atoms. The summed E-state index contributed by atoms with van der Waals surface area (Å²) in [5.74, 6) is 2.37. The third-order valence-electron chi connectivity index (χ3n) is 5.00. The zero-order valence-corrected chi connectivity index (χ0v) is 18.2. The maximum atomic E-state index is 12.0. The molecule has 1 aliphatic carbocycles. The molecule has 1 amide bonds. The number of carbonyl (C=O) groups is 1. The molecule has 0 aromatic heterocycles. The zero-order chi connectivity index (χ0) is 21.2. The van der Waals surface area contributed by atoms with Gasteiger partial charge in [-0.2, -0.15) is 0 Å². The Labute approximate surface area is 173 Å². The van der Waals surface area contributed by atoms with Gasteiger partial charge in [0.25, 0.3) is 0 Å². The molecule has 1 aromatic carbocycles. The Balaban J connectivity index is 2.17. The summed E-state index contributed by atoms with van der Waals surface area (Å²) in [5.41, 5.74) is 0.920. The first-order valence-corrected chi connectivity index (χ1v) is 10.0. The number of methoxy groups -OCH3 is 3. The minimum Gasteiger partial charge on any atom is -0.493 e. The molecule has 162 valence electrons. The number of likely N-dealkylation sites (N-methyl/N-ethyl adjacent to an activating group) is 1. The number of benzene rings is 1. The van der Waals surface area contributed by atoms with Crippen LogP contribution < -0.4 is 24.8 Å². The lowest BCUT2D eigenvalue weighted by molar-refractivity contribution is -0.127. The average molecular weight is 407 g/mol. The summed E-state index contributed by atoms with van der Waals surface area (Å²) < 4.78 is 16.2. The standard InChI is InChI=1S/C21H34N4O4/c1-25(2)19(26)14-23-21(24-16-9-7-6-8-10-16)22-13-15-11-17(27-3)20(29-5)18(12-15)28-4/h11-12,16H,6-10,13-14H2,1-5H3,(H2,22,23,24). The van der Waals surface area contributed by atoms with Crippen LogP contribution in [-0.4, -0.2) is 64.8 Å². The van der Waals surface area contributed by atoms with Crippen LogP contribution in [0.2, 0.25) is 0 Å². The number of carbonyl (C=O) groups excluding carboxylic acids is 1. The lowest BCUT2D eigenvalue weighted by Gasteiger charge is -2.25. The van der Waals surface area contributed by atoms with E-state index in [1.165, 1.54) is 19.3 Å². The Hall–Kier alpha value is -2.64. The van der Waals surface area contributed by atoms with Gasteiger partial charge in [-0.3, -0.25) is 4.79 Å². The van der Waals surface area contributed by atoms with Gasteiger partial charge >= 0.3 is 0 Å². The van der Waals surface area contributed by atoms with Crippen LogP contribution in [0.1, 0.15) is 37.7 Å². The quantitative estimate of drug-likeness (QED) is 0.508. The van der Waals surface area contributed by atoms with Crippen molar-refractivity contribution >= 4 is 11.9 Å². The second-order valence-corrected chi connectivity index (χ2v) is 7.32. The van der Waals surface area contributed by atoms with E-state index in [4.69, 9.17) is 19.2 Å². The average Bonchev–Trinajstić information content (AvgIpc) is 2.74. The first-order chi connectivity index (χ1) is 14.0. The fraction of sp³-hybridized carbons (Fsp3) is 0.619. The molecule has 1 fully saturated rings. The molecule has 0 heterocycles. The molecule has 1 saturated carbocycles. The molecule has 0 saturated heterocycles. The number of hydrogen-bond donors (Lipinski definition) is 2. The van der Waals surface area contributed by atoms with Crippen molar-refractivity contribution in [3.05, 3.63) is 17.7 Å². The van der Waals surface area contributed by atoms with Crippen molar-refractivity contribution in [2.75, 3.05) is 42.0 Å². The third kappa shape index (κ3) is 6.73. The highest BCUT2D eigenvalue weighted by molar-refractivity contribution is 5.86. The number of nitrogens with zero attached hydrogens (tertiary/aromatic N) is 2. The van der Waals surface area contributed by atoms with E-state index in [1.807, 2.05) is 12.1 Å². The maximum absolute atomic E-state index is 12.0. The molecule has 1 aromatic rings. The Morgan fingerprint density at radius 3 is 2.21 bits per heavy atom. The van der Waals surface area contributed by atoms with E-state index < -0.39 is 0 Å². The van der Waals surface area contributed by atoms with Gasteiger partial charge in [0, 0.05) is 20.1 Å². The van der Waals surface area contributed by atoms with Gasteiger partial charge in [0.05, 0.1) is 34.4 Å². The Bertz CT molecular complexity index is 675. The van der Waals surface area contributed by atoms with Gasteiger partial charge in [-0.1, -0.05) is 19.3 Å². The monoisotopic (exact) mass is 406 g/mol. The summed E-state index contributed by atoms with van der Waals surface area (Å²) in [6.07, 6.45) is 5.95. The number of aliphatic imine (C=N–C) groups is 1. The van der Waals surface area contributed by atoms with Crippen LogP contribution in [-0.2, 0) is 11.3 Å². The van der Waals surface area contributed by atoms with Crippen molar-refractivity contribution in [1.82, 2.24) is 15.5 Å². The Morgan fingerprint density at radius 1 is 1.07 bits per heavy atom. The highest BCUT2D eigenvalue weighted by Gasteiger charge is 2.16. The molecule has 2 N–H and O–H groups in total. The van der Waals surface area contributed by atoms with Crippen molar-refractivity contribution in [3.63, 3.8) is 0 Å². The fourth-order valence-electron chi connectivity index (χ4n) is 3.31. The highest BCUT2D eigenvalue weighted by Crippen LogP contribution is 2.38. The molecule has 0 atom stereocenters. The van der Waals surface area contributed by atoms with E-state index in [2.05, 4.69) is 10.6 Å². The molecule has 8 nitrogen and oxygen atoms in total. The van der Waals surface area contributed by atoms with E-state index >= 15 is 0 Å². The number of amides is 1. The summed E-state index contributed by atoms with van der Waals surface area (Å²) in [6, 6.07) is 4.15. The van der Waals surface area contributed by atoms with Crippen molar-refractivity contribution < 1.29 is 19.0 Å². The lowest BCUT2D eigenvalue weighted by Crippen LogP contribution is -2.47. The second kappa shape index (κ2) is 11.4. The number of ether oxygens (including phenoxy) is 3. The van der Waals surface area contributed by atoms with Gasteiger partial charge in [0.2, 0.25) is 11.7 Å². The lowest BCUT2D eigenvalue weighted by atomic mass is 9.96. The van der Waals surface area contributed by atoms with Crippen molar-refractivity contribution in [1.29, 1.82) is 0 Å². The smallest absolute Gasteiger partial charge is 0.241 e. The number of rotatable bonds is 8. The molecule has 8 heteroatoms. The normalized spacial score (nSPS) is 14.9. The van der Waals surface area contributed by atoms with Crippen LogP contribution in [0.4, 0.5) is 0 Å². The van der Waals surface area contributed by atoms with Crippen LogP contribution in [0, 0.1) is 0 Å². The van der Waals surface area contributed by atoms with E-state index in [-0.39, 0.29) is 12.5 Å². The van der Waals surface area contributed by atoms with Crippen LogP contribution in [0.3, 0.4) is 0 Å². The van der Waals surface area contributed by atoms with E-state index in [0.29, 0.717) is 35.8 Å². The van der Waals surface area contributed by atoms with Crippen molar-refractivity contribution in [2.45, 2.75) is 44.7 Å². The Kier molecular flexibility index (Phi) is 8.89. The van der Waals surface area contributed by atoms with Crippen LogP contribution in [0.15, 0.2) is 17.1 Å². The minimum absolute atomic E-state index is 0.00377. The first kappa shape index (κ1) is 22.6. The van der Waals surface area contributed by atoms with Crippen LogP contribution >= 0.6 is 0 Å². The molecule has 0 aliphatic heterocycles. The molecule has 0 radical (unpaired) electrons. The van der Waals surface area contributed by atoms with Crippen molar-refractivity contribution in [2.24, 2.45) is 4.99 Å². The number of hydrogen-bond acceptors (Lipinski definition) is 5. The largest absolute Gasteiger partial charge is 0.493 e. The molecule has 29 heavy (non-hydrogen) atoms. The zero-order valence-electron chi connectivity index (χ0n) is 18.2. The molecule has 0 unspecified atom stereocenters. The topological polar surface area (TPSA) is 84.4 Å². The summed E-state index contributed by atoms with van der Waals surface area (Å²) in [6.45, 7) is 0.607. The highest BCUT2D eigenvalue weighted by atomic mass is 16.5. The molecular weight excluding hydrogens is 372 g/mol. The van der Waals surface area contributed by atoms with E-state index in [0.717, 1.165) is 18.4 Å². The molecule has 0 spiro atoms. The molecule has 2 rings (SSSR count). The van der Waals surface area contributed by atoms with Gasteiger partial charge in [0.15, 0.2) is 17.5 Å². The first-order valence-electron chi connectivity index (χ1n) is 10.0. The van der Waals surface area contributed by atoms with Crippen molar-refractivity contribution in [3.8, 4) is 17.2 Å². The van der Waals surface area contributed by atoms with Gasteiger partial charge in [-0.25, -0.2) is 4.99 Å². The summed E-state index contributed by atoms with van der Waals surface area (Å²) in [7, 11) is 8.25. The second-order valence-electron chi connectivity index (χ2n) is 7.32. The summed E-state index contributed by atoms with van der Waals surface area (Å²) >= 11 is 0. The van der Waals surface area contributed by atoms with Crippen LogP contribution in [0.5, 0.6) is 17.2 Å². The molecular formula is C21H34N4O4. The van der Waals surface area contributed by atoms with E-state index in [9.17, 15) is 4.79 Å². The summed E-state index contributed by atoms with van der Waals surface area (Å²) in [5, 5.41) is 6.64. The summed E-state index contributed by atoms with van der Waals surface area (Å²) in [4.78, 5) is 18.2. The van der Waals surface area contributed by atoms with Crippen LogP contribution in [0.25, 0.3) is 0 Å². The third-order valence-corrected chi connectivity index (χ3v) is 5.00. The maximum Gasteiger partial charge on any atom is 0.241 e. The number of guanidine groups is 1. The Morgan fingerprint density at radius 2 is 1.69 bits per heavy atom. The SMILES string of the molecule is COc1cc(CN=C(NCC(=O)N(C)C)NC2CCCCC2)cc(OC)c1OC. The van der Waals surface area contributed by atoms with Gasteiger partial charge < -0.3 is 29.7 Å². The van der Waals surface area contributed by atoms with Gasteiger partial charge in [-0.15, -0.1) is 0 Å². The predicted octanol–water partition coefficient (Wildman–Crippen LogP) is 2.17. The van der Waals surface area contributed by atoms with Gasteiger partial charge in [0.1, 0.15) is 0 Å². The van der Waals surface area contributed by atoms with E-state index in [1.54, 1.807) is 40.3 Å². The molecule has 1 aliphatic rings. The minimum atomic E-state index is -0.00377. The number of nitrogens with one attached hydrogen (secondary N) is 2.